The highest BCUT2D eigenvalue weighted by atomic mass is 16.3. The average molecular weight is 705 g/mol. The number of anilines is 2. The van der Waals surface area contributed by atoms with Gasteiger partial charge in [-0.05, 0) is 88.7 Å². The Hall–Kier alpha value is -6.84. The van der Waals surface area contributed by atoms with Gasteiger partial charge >= 0.3 is 0 Å². The molecular weight excluding hydrogens is 669 g/mol. The molecule has 3 heteroatoms. The van der Waals surface area contributed by atoms with Crippen molar-refractivity contribution in [1.29, 1.82) is 0 Å². The Labute approximate surface area is 319 Å². The quantitative estimate of drug-likeness (QED) is 0.170. The van der Waals surface area contributed by atoms with Crippen molar-refractivity contribution in [2.24, 2.45) is 0 Å². The van der Waals surface area contributed by atoms with Crippen molar-refractivity contribution in [3.05, 3.63) is 193 Å². The molecule has 7 aromatic carbocycles. The van der Waals surface area contributed by atoms with Gasteiger partial charge in [0.05, 0.1) is 17.1 Å². The number of aromatic nitrogens is 1. The summed E-state index contributed by atoms with van der Waals surface area (Å²) >= 11 is 0. The number of benzene rings is 7. The third-order valence-corrected chi connectivity index (χ3v) is 12.1. The highest BCUT2D eigenvalue weighted by Gasteiger charge is 2.37. The standard InChI is InChI=1S/C52H36N2O/c1-3-15-33(16-4-1)49-50-41-29-27-35(53-45-23-11-7-19-37(45)38-20-8-12-24-46(38)53)31-43(41)44-32-36(28-30-42(44)52(50)55-51(49)34-17-5-2-6-18-34)54-47-25-13-9-21-39(47)40-22-10-14-26-48(40)54/h2-3,5-32,39,47H,1,4H2. The van der Waals surface area contributed by atoms with Gasteiger partial charge in [-0.15, -0.1) is 0 Å². The van der Waals surface area contributed by atoms with Crippen molar-refractivity contribution < 1.29 is 4.42 Å². The van der Waals surface area contributed by atoms with Gasteiger partial charge in [-0.2, -0.15) is 0 Å². The lowest BCUT2D eigenvalue weighted by atomic mass is 9.90. The van der Waals surface area contributed by atoms with E-state index in [2.05, 4.69) is 192 Å². The maximum atomic E-state index is 7.17. The van der Waals surface area contributed by atoms with Crippen LogP contribution in [0.5, 0.6) is 0 Å². The van der Waals surface area contributed by atoms with Gasteiger partial charge in [0.15, 0.2) is 0 Å². The van der Waals surface area contributed by atoms with Crippen LogP contribution in [0.2, 0.25) is 0 Å². The molecule has 9 aromatic rings. The van der Waals surface area contributed by atoms with E-state index in [1.54, 1.807) is 0 Å². The van der Waals surface area contributed by atoms with E-state index in [9.17, 15) is 0 Å². The van der Waals surface area contributed by atoms with Crippen LogP contribution in [0.1, 0.15) is 29.9 Å². The maximum Gasteiger partial charge on any atom is 0.143 e. The molecule has 2 aromatic heterocycles. The highest BCUT2D eigenvalue weighted by Crippen LogP contribution is 2.51. The monoisotopic (exact) mass is 704 g/mol. The minimum atomic E-state index is 0.216. The number of allylic oxidation sites excluding steroid dienone is 6. The fourth-order valence-electron chi connectivity index (χ4n) is 9.75. The van der Waals surface area contributed by atoms with E-state index >= 15 is 0 Å². The zero-order valence-electron chi connectivity index (χ0n) is 30.2. The van der Waals surface area contributed by atoms with Crippen molar-refractivity contribution >= 4 is 71.3 Å². The van der Waals surface area contributed by atoms with Crippen LogP contribution >= 0.6 is 0 Å². The number of nitrogens with zero attached hydrogens (tertiary/aromatic N) is 2. The molecule has 0 amide bonds. The molecule has 0 spiro atoms. The molecule has 3 nitrogen and oxygen atoms in total. The topological polar surface area (TPSA) is 21.3 Å². The first kappa shape index (κ1) is 30.6. The van der Waals surface area contributed by atoms with E-state index in [1.165, 1.54) is 71.4 Å². The molecule has 0 fully saturated rings. The summed E-state index contributed by atoms with van der Waals surface area (Å²) in [5.41, 5.74) is 11.8. The number of furan rings is 1. The molecule has 0 radical (unpaired) electrons. The number of rotatable bonds is 4. The van der Waals surface area contributed by atoms with Crippen molar-refractivity contribution in [1.82, 2.24) is 4.57 Å². The Morgan fingerprint density at radius 3 is 2.07 bits per heavy atom. The normalized spacial score (nSPS) is 17.5. The second-order valence-corrected chi connectivity index (χ2v) is 15.1. The Morgan fingerprint density at radius 2 is 1.25 bits per heavy atom. The molecule has 2 unspecified atom stereocenters. The van der Waals surface area contributed by atoms with E-state index in [1.807, 2.05) is 0 Å². The molecule has 3 heterocycles. The fraction of sp³-hybridized carbons (Fsp3) is 0.0769. The van der Waals surface area contributed by atoms with E-state index in [0.717, 1.165) is 40.8 Å². The molecule has 0 N–H and O–H groups in total. The molecule has 12 rings (SSSR count). The van der Waals surface area contributed by atoms with Crippen LogP contribution in [0.25, 0.3) is 76.9 Å². The average Bonchev–Trinajstić information content (AvgIpc) is 3.93. The van der Waals surface area contributed by atoms with Gasteiger partial charge < -0.3 is 13.9 Å². The minimum absolute atomic E-state index is 0.216. The molecule has 3 aliphatic rings. The van der Waals surface area contributed by atoms with E-state index in [-0.39, 0.29) is 6.04 Å². The summed E-state index contributed by atoms with van der Waals surface area (Å²) in [6.45, 7) is 0. The summed E-state index contributed by atoms with van der Waals surface area (Å²) in [6, 6.07) is 51.4. The largest absolute Gasteiger partial charge is 0.455 e. The zero-order chi connectivity index (χ0) is 36.0. The number of hydrogen-bond acceptors (Lipinski definition) is 2. The summed E-state index contributed by atoms with van der Waals surface area (Å²) in [7, 11) is 0. The summed E-state index contributed by atoms with van der Waals surface area (Å²) in [5.74, 6) is 1.24. The first-order chi connectivity index (χ1) is 27.3. The van der Waals surface area contributed by atoms with Gasteiger partial charge in [-0.1, -0.05) is 134 Å². The van der Waals surface area contributed by atoms with Crippen LogP contribution in [-0.4, -0.2) is 10.6 Å². The molecule has 1 aliphatic heterocycles. The van der Waals surface area contributed by atoms with Gasteiger partial charge in [0.2, 0.25) is 0 Å². The summed E-state index contributed by atoms with van der Waals surface area (Å²) in [6.07, 6.45) is 18.1. The van der Waals surface area contributed by atoms with Crippen LogP contribution in [0.3, 0.4) is 0 Å². The first-order valence-electron chi connectivity index (χ1n) is 19.4. The zero-order valence-corrected chi connectivity index (χ0v) is 30.2. The number of para-hydroxylation sites is 3. The highest BCUT2D eigenvalue weighted by molar-refractivity contribution is 6.28. The number of fused-ring (bicyclic) bond motifs is 12. The molecule has 2 aliphatic carbocycles. The van der Waals surface area contributed by atoms with E-state index in [0.29, 0.717) is 5.92 Å². The van der Waals surface area contributed by atoms with Crippen molar-refractivity contribution in [2.45, 2.75) is 24.8 Å². The molecule has 0 saturated heterocycles. The molecule has 55 heavy (non-hydrogen) atoms. The lowest BCUT2D eigenvalue weighted by Crippen LogP contribution is -2.28. The molecule has 0 saturated carbocycles. The van der Waals surface area contributed by atoms with E-state index < -0.39 is 0 Å². The minimum Gasteiger partial charge on any atom is -0.455 e. The summed E-state index contributed by atoms with van der Waals surface area (Å²) < 4.78 is 9.60. The third-order valence-electron chi connectivity index (χ3n) is 12.1. The van der Waals surface area contributed by atoms with Crippen LogP contribution in [0.15, 0.2) is 186 Å². The van der Waals surface area contributed by atoms with Gasteiger partial charge in [0.1, 0.15) is 11.3 Å². The Kier molecular flexibility index (Phi) is 6.58. The fourth-order valence-corrected chi connectivity index (χ4v) is 9.75. The van der Waals surface area contributed by atoms with Crippen LogP contribution in [-0.2, 0) is 0 Å². The smallest absolute Gasteiger partial charge is 0.143 e. The Bertz CT molecular complexity index is 3120. The van der Waals surface area contributed by atoms with Gasteiger partial charge in [0.25, 0.3) is 0 Å². The van der Waals surface area contributed by atoms with Gasteiger partial charge in [-0.25, -0.2) is 0 Å². The van der Waals surface area contributed by atoms with Crippen molar-refractivity contribution in [3.8, 4) is 17.0 Å². The first-order valence-corrected chi connectivity index (χ1v) is 19.4. The molecular formula is C52H36N2O. The number of hydrogen-bond donors (Lipinski definition) is 0. The third kappa shape index (κ3) is 4.44. The molecule has 2 atom stereocenters. The lowest BCUT2D eigenvalue weighted by molar-refractivity contribution is 0.634. The van der Waals surface area contributed by atoms with E-state index in [4.69, 9.17) is 4.42 Å². The Balaban J connectivity index is 1.20. The lowest BCUT2D eigenvalue weighted by Gasteiger charge is -2.29. The van der Waals surface area contributed by atoms with Gasteiger partial charge in [0, 0.05) is 55.7 Å². The Morgan fingerprint density at radius 1 is 0.564 bits per heavy atom. The summed E-state index contributed by atoms with van der Waals surface area (Å²) in [4.78, 5) is 2.53. The van der Waals surface area contributed by atoms with Crippen molar-refractivity contribution in [2.75, 3.05) is 4.90 Å². The SMILES string of the molecule is C1=CC2c3ccccc3N(c3ccc4c(c3)c3cc(-n5c6ccccc6c6ccccc65)ccc3c3c(C5=CCCC=C5)c(-c5ccccc5)oc43)C2C=C1. The molecule has 260 valence electrons. The summed E-state index contributed by atoms with van der Waals surface area (Å²) in [5, 5.41) is 8.42. The second-order valence-electron chi connectivity index (χ2n) is 15.1. The molecule has 0 bridgehead atoms. The maximum absolute atomic E-state index is 7.17. The predicted octanol–water partition coefficient (Wildman–Crippen LogP) is 14.0. The van der Waals surface area contributed by atoms with Crippen LogP contribution < -0.4 is 4.90 Å². The van der Waals surface area contributed by atoms with Crippen LogP contribution in [0, 0.1) is 0 Å². The van der Waals surface area contributed by atoms with Gasteiger partial charge in [-0.3, -0.25) is 0 Å². The van der Waals surface area contributed by atoms with Crippen LogP contribution in [0.4, 0.5) is 11.4 Å². The second kappa shape index (κ2) is 11.8. The van der Waals surface area contributed by atoms with Crippen molar-refractivity contribution in [3.63, 3.8) is 0 Å². The predicted molar refractivity (Wildman–Crippen MR) is 231 cm³/mol.